The van der Waals surface area contributed by atoms with Gasteiger partial charge in [-0.1, -0.05) is 36.4 Å². The van der Waals surface area contributed by atoms with Crippen molar-refractivity contribution in [1.29, 1.82) is 0 Å². The summed E-state index contributed by atoms with van der Waals surface area (Å²) in [4.78, 5) is 14.3. The Bertz CT molecular complexity index is 721. The molecule has 1 heterocycles. The van der Waals surface area contributed by atoms with Crippen LogP contribution in [0.3, 0.4) is 0 Å². The van der Waals surface area contributed by atoms with Crippen molar-refractivity contribution < 1.29 is 9.53 Å². The third-order valence-electron chi connectivity index (χ3n) is 4.21. The van der Waals surface area contributed by atoms with Crippen molar-refractivity contribution in [2.75, 3.05) is 13.1 Å². The first-order valence-electron chi connectivity index (χ1n) is 8.59. The molecule has 1 aliphatic heterocycles. The monoisotopic (exact) mass is 326 g/mol. The van der Waals surface area contributed by atoms with E-state index in [1.807, 2.05) is 20.8 Å². The van der Waals surface area contributed by atoms with Gasteiger partial charge in [0, 0.05) is 25.7 Å². The number of fused-ring (bicyclic) bond motifs is 1. The topological polar surface area (TPSA) is 41.6 Å². The zero-order valence-electron chi connectivity index (χ0n) is 14.7. The number of nitrogens with one attached hydrogen (secondary N) is 1. The smallest absolute Gasteiger partial charge is 0.407 e. The molecule has 0 aliphatic carbocycles. The number of amides is 1. The van der Waals surface area contributed by atoms with Gasteiger partial charge in [-0.2, -0.15) is 0 Å². The van der Waals surface area contributed by atoms with Gasteiger partial charge in [-0.05, 0) is 49.6 Å². The molecular formula is C20H26N2O2. The molecule has 24 heavy (non-hydrogen) atoms. The summed E-state index contributed by atoms with van der Waals surface area (Å²) in [6.45, 7) is 8.42. The molecule has 2 aromatic carbocycles. The van der Waals surface area contributed by atoms with Crippen LogP contribution in [0.25, 0.3) is 10.8 Å². The second-order valence-corrected chi connectivity index (χ2v) is 7.55. The summed E-state index contributed by atoms with van der Waals surface area (Å²) in [7, 11) is 0. The first kappa shape index (κ1) is 16.8. The standard InChI is InChI=1S/C20H26N2O2/c1-20(2,3)24-19(23)21-18-10-11-22(14-18)13-15-8-9-16-6-4-5-7-17(16)12-15/h4-9,12,18H,10-11,13-14H2,1-3H3,(H,21,23)/t18-/m0/s1. The summed E-state index contributed by atoms with van der Waals surface area (Å²) >= 11 is 0. The maximum Gasteiger partial charge on any atom is 0.407 e. The Morgan fingerprint density at radius 3 is 2.71 bits per heavy atom. The fourth-order valence-corrected chi connectivity index (χ4v) is 3.16. The normalized spacial score (nSPS) is 18.7. The molecule has 1 saturated heterocycles. The number of ether oxygens (including phenoxy) is 1. The van der Waals surface area contributed by atoms with Crippen LogP contribution < -0.4 is 5.32 Å². The van der Waals surface area contributed by atoms with Crippen LogP contribution >= 0.6 is 0 Å². The Labute approximate surface area is 143 Å². The van der Waals surface area contributed by atoms with Gasteiger partial charge in [0.15, 0.2) is 0 Å². The average Bonchev–Trinajstić information content (AvgIpc) is 2.92. The lowest BCUT2D eigenvalue weighted by Gasteiger charge is -2.22. The van der Waals surface area contributed by atoms with Gasteiger partial charge < -0.3 is 10.1 Å². The van der Waals surface area contributed by atoms with Gasteiger partial charge in [-0.15, -0.1) is 0 Å². The fraction of sp³-hybridized carbons (Fsp3) is 0.450. The van der Waals surface area contributed by atoms with E-state index in [4.69, 9.17) is 4.74 Å². The number of hydrogen-bond acceptors (Lipinski definition) is 3. The Balaban J connectivity index is 1.54. The van der Waals surface area contributed by atoms with E-state index < -0.39 is 5.60 Å². The molecule has 0 aromatic heterocycles. The first-order valence-corrected chi connectivity index (χ1v) is 8.59. The summed E-state index contributed by atoms with van der Waals surface area (Å²) in [6.07, 6.45) is 0.646. The number of benzene rings is 2. The molecule has 0 bridgehead atoms. The molecule has 1 fully saturated rings. The molecule has 1 amide bonds. The maximum absolute atomic E-state index is 11.9. The predicted molar refractivity (Wildman–Crippen MR) is 97.0 cm³/mol. The molecule has 0 saturated carbocycles. The van der Waals surface area contributed by atoms with Crippen molar-refractivity contribution in [3.63, 3.8) is 0 Å². The van der Waals surface area contributed by atoms with Crippen molar-refractivity contribution >= 4 is 16.9 Å². The molecule has 1 N–H and O–H groups in total. The highest BCUT2D eigenvalue weighted by Gasteiger charge is 2.26. The lowest BCUT2D eigenvalue weighted by Crippen LogP contribution is -2.40. The average molecular weight is 326 g/mol. The number of nitrogens with zero attached hydrogens (tertiary/aromatic N) is 1. The second-order valence-electron chi connectivity index (χ2n) is 7.55. The Kier molecular flexibility index (Phi) is 4.76. The van der Waals surface area contributed by atoms with E-state index >= 15 is 0 Å². The quantitative estimate of drug-likeness (QED) is 0.929. The minimum absolute atomic E-state index is 0.167. The molecule has 4 nitrogen and oxygen atoms in total. The van der Waals surface area contributed by atoms with E-state index in [1.165, 1.54) is 16.3 Å². The Morgan fingerprint density at radius 1 is 1.21 bits per heavy atom. The Hall–Kier alpha value is -2.07. The molecule has 128 valence electrons. The van der Waals surface area contributed by atoms with E-state index in [9.17, 15) is 4.79 Å². The van der Waals surface area contributed by atoms with Crippen molar-refractivity contribution in [3.8, 4) is 0 Å². The molecule has 4 heteroatoms. The van der Waals surface area contributed by atoms with Crippen LogP contribution in [0.5, 0.6) is 0 Å². The molecule has 2 aromatic rings. The second kappa shape index (κ2) is 6.81. The number of alkyl carbamates (subject to hydrolysis) is 1. The summed E-state index contributed by atoms with van der Waals surface area (Å²) in [5, 5.41) is 5.52. The van der Waals surface area contributed by atoms with Crippen molar-refractivity contribution in [2.45, 2.75) is 45.4 Å². The highest BCUT2D eigenvalue weighted by Crippen LogP contribution is 2.19. The minimum Gasteiger partial charge on any atom is -0.444 e. The summed E-state index contributed by atoms with van der Waals surface area (Å²) < 4.78 is 5.33. The van der Waals surface area contributed by atoms with E-state index in [1.54, 1.807) is 0 Å². The SMILES string of the molecule is CC(C)(C)OC(=O)N[C@H]1CCN(Cc2ccc3ccccc3c2)C1. The molecule has 1 atom stereocenters. The highest BCUT2D eigenvalue weighted by molar-refractivity contribution is 5.82. The van der Waals surface area contributed by atoms with Crippen LogP contribution in [0, 0.1) is 0 Å². The zero-order valence-corrected chi connectivity index (χ0v) is 14.7. The van der Waals surface area contributed by atoms with Crippen LogP contribution in [-0.2, 0) is 11.3 Å². The fourth-order valence-electron chi connectivity index (χ4n) is 3.16. The van der Waals surface area contributed by atoms with Gasteiger partial charge in [0.25, 0.3) is 0 Å². The summed E-state index contributed by atoms with van der Waals surface area (Å²) in [6, 6.07) is 15.2. The number of likely N-dealkylation sites (tertiary alicyclic amines) is 1. The van der Waals surface area contributed by atoms with Crippen LogP contribution in [-0.4, -0.2) is 35.7 Å². The van der Waals surface area contributed by atoms with Crippen molar-refractivity contribution in [3.05, 3.63) is 48.0 Å². The number of rotatable bonds is 3. The maximum atomic E-state index is 11.9. The van der Waals surface area contributed by atoms with Crippen molar-refractivity contribution in [2.24, 2.45) is 0 Å². The molecule has 0 radical (unpaired) electrons. The van der Waals surface area contributed by atoms with Gasteiger partial charge in [0.05, 0.1) is 0 Å². The van der Waals surface area contributed by atoms with E-state index in [0.717, 1.165) is 26.1 Å². The molecular weight excluding hydrogens is 300 g/mol. The van der Waals surface area contributed by atoms with Crippen LogP contribution in [0.1, 0.15) is 32.8 Å². The van der Waals surface area contributed by atoms with Crippen molar-refractivity contribution in [1.82, 2.24) is 10.2 Å². The van der Waals surface area contributed by atoms with E-state index in [0.29, 0.717) is 0 Å². The third-order valence-corrected chi connectivity index (χ3v) is 4.21. The first-order chi connectivity index (χ1) is 11.4. The molecule has 1 aliphatic rings. The molecule has 3 rings (SSSR count). The van der Waals surface area contributed by atoms with E-state index in [2.05, 4.69) is 52.7 Å². The number of carbonyl (C=O) groups excluding carboxylic acids is 1. The van der Waals surface area contributed by atoms with E-state index in [-0.39, 0.29) is 12.1 Å². The lowest BCUT2D eigenvalue weighted by atomic mass is 10.1. The number of hydrogen-bond donors (Lipinski definition) is 1. The predicted octanol–water partition coefficient (Wildman–Crippen LogP) is 3.94. The summed E-state index contributed by atoms with van der Waals surface area (Å²) in [5.74, 6) is 0. The largest absolute Gasteiger partial charge is 0.444 e. The number of carbonyl (C=O) groups is 1. The summed E-state index contributed by atoms with van der Waals surface area (Å²) in [5.41, 5.74) is 0.861. The van der Waals surface area contributed by atoms with Crippen LogP contribution in [0.15, 0.2) is 42.5 Å². The van der Waals surface area contributed by atoms with Gasteiger partial charge >= 0.3 is 6.09 Å². The molecule has 0 unspecified atom stereocenters. The van der Waals surface area contributed by atoms with Gasteiger partial charge in [-0.25, -0.2) is 4.79 Å². The lowest BCUT2D eigenvalue weighted by molar-refractivity contribution is 0.0506. The van der Waals surface area contributed by atoms with Crippen LogP contribution in [0.2, 0.25) is 0 Å². The minimum atomic E-state index is -0.451. The zero-order chi connectivity index (χ0) is 17.2. The van der Waals surface area contributed by atoms with Gasteiger partial charge in [0.1, 0.15) is 5.60 Å². The Morgan fingerprint density at radius 2 is 1.96 bits per heavy atom. The van der Waals surface area contributed by atoms with Gasteiger partial charge in [0.2, 0.25) is 0 Å². The van der Waals surface area contributed by atoms with Gasteiger partial charge in [-0.3, -0.25) is 4.90 Å². The third kappa shape index (κ3) is 4.48. The highest BCUT2D eigenvalue weighted by atomic mass is 16.6. The van der Waals surface area contributed by atoms with Crippen LogP contribution in [0.4, 0.5) is 4.79 Å². The molecule has 0 spiro atoms.